The molecule has 6 heteroatoms. The van der Waals surface area contributed by atoms with Crippen LogP contribution in [0, 0.1) is 0 Å². The van der Waals surface area contributed by atoms with Crippen molar-refractivity contribution in [3.63, 3.8) is 0 Å². The fourth-order valence-corrected chi connectivity index (χ4v) is 2.21. The highest BCUT2D eigenvalue weighted by molar-refractivity contribution is 6.02. The molecule has 22 heavy (non-hydrogen) atoms. The number of likely N-dealkylation sites (N-methyl/N-ethyl adjacent to an activating group) is 1. The zero-order valence-corrected chi connectivity index (χ0v) is 12.9. The van der Waals surface area contributed by atoms with E-state index < -0.39 is 5.97 Å². The van der Waals surface area contributed by atoms with E-state index in [2.05, 4.69) is 0 Å². The quantitative estimate of drug-likeness (QED) is 0.747. The number of esters is 1. The second-order valence-corrected chi connectivity index (χ2v) is 4.99. The molecule has 120 valence electrons. The van der Waals surface area contributed by atoms with Crippen molar-refractivity contribution < 1.29 is 23.8 Å². The van der Waals surface area contributed by atoms with Gasteiger partial charge in [-0.15, -0.1) is 0 Å². The number of amides is 1. The number of carbonyl (C=O) groups excluding carboxylic acids is 2. The summed E-state index contributed by atoms with van der Waals surface area (Å²) in [6.07, 6.45) is 0.772. The van der Waals surface area contributed by atoms with Crippen molar-refractivity contribution in [2.24, 2.45) is 0 Å². The molecule has 0 bridgehead atoms. The van der Waals surface area contributed by atoms with Gasteiger partial charge < -0.3 is 19.1 Å². The molecule has 0 N–H and O–H groups in total. The van der Waals surface area contributed by atoms with Crippen molar-refractivity contribution >= 4 is 17.6 Å². The van der Waals surface area contributed by atoms with Gasteiger partial charge in [0.05, 0.1) is 30.6 Å². The van der Waals surface area contributed by atoms with Gasteiger partial charge in [-0.1, -0.05) is 12.1 Å². The van der Waals surface area contributed by atoms with Crippen LogP contribution in [0.5, 0.6) is 0 Å². The molecule has 0 aliphatic carbocycles. The van der Waals surface area contributed by atoms with Gasteiger partial charge in [0, 0.05) is 13.7 Å². The second kappa shape index (κ2) is 7.91. The number of ether oxygens (including phenoxy) is 3. The molecule has 1 aliphatic rings. The summed E-state index contributed by atoms with van der Waals surface area (Å²) < 4.78 is 15.7. The average molecular weight is 307 g/mol. The predicted molar refractivity (Wildman–Crippen MR) is 81.0 cm³/mol. The highest BCUT2D eigenvalue weighted by Gasteiger charge is 2.22. The molecule has 1 aromatic rings. The molecule has 1 aromatic carbocycles. The summed E-state index contributed by atoms with van der Waals surface area (Å²) in [5.74, 6) is -0.661. The third-order valence-electron chi connectivity index (χ3n) is 3.47. The van der Waals surface area contributed by atoms with Crippen LogP contribution in [0.4, 0.5) is 5.69 Å². The largest absolute Gasteiger partial charge is 0.462 e. The topological polar surface area (TPSA) is 65.1 Å². The van der Waals surface area contributed by atoms with E-state index in [0.29, 0.717) is 24.5 Å². The molecule has 0 saturated carbocycles. The minimum absolute atomic E-state index is 0.0300. The molecule has 0 spiro atoms. The van der Waals surface area contributed by atoms with Gasteiger partial charge in [0.1, 0.15) is 6.61 Å². The number of para-hydroxylation sites is 1. The van der Waals surface area contributed by atoms with Crippen LogP contribution < -0.4 is 4.90 Å². The second-order valence-electron chi connectivity index (χ2n) is 4.99. The van der Waals surface area contributed by atoms with Crippen molar-refractivity contribution in [1.29, 1.82) is 0 Å². The molecule has 1 saturated heterocycles. The lowest BCUT2D eigenvalue weighted by atomic mass is 10.1. The molecular weight excluding hydrogens is 286 g/mol. The van der Waals surface area contributed by atoms with Crippen molar-refractivity contribution in [1.82, 2.24) is 0 Å². The third-order valence-corrected chi connectivity index (χ3v) is 3.47. The van der Waals surface area contributed by atoms with Gasteiger partial charge in [-0.3, -0.25) is 4.79 Å². The lowest BCUT2D eigenvalue weighted by Crippen LogP contribution is -2.33. The van der Waals surface area contributed by atoms with E-state index in [9.17, 15) is 9.59 Å². The molecular formula is C16H21NO5. The fraction of sp³-hybridized carbons (Fsp3) is 0.500. The summed E-state index contributed by atoms with van der Waals surface area (Å²) in [6.45, 7) is 3.18. The molecule has 1 amide bonds. The van der Waals surface area contributed by atoms with E-state index in [1.54, 1.807) is 38.2 Å². The number of anilines is 1. The summed E-state index contributed by atoms with van der Waals surface area (Å²) in [7, 11) is 1.62. The zero-order chi connectivity index (χ0) is 15.9. The van der Waals surface area contributed by atoms with E-state index >= 15 is 0 Å². The van der Waals surface area contributed by atoms with Crippen LogP contribution in [0.1, 0.15) is 23.7 Å². The smallest absolute Gasteiger partial charge is 0.340 e. The molecule has 2 rings (SSSR count). The van der Waals surface area contributed by atoms with Crippen LogP contribution in [-0.2, 0) is 19.0 Å². The number of hydrogen-bond donors (Lipinski definition) is 0. The highest BCUT2D eigenvalue weighted by Crippen LogP contribution is 2.20. The summed E-state index contributed by atoms with van der Waals surface area (Å²) in [5.41, 5.74) is 0.877. The van der Waals surface area contributed by atoms with Gasteiger partial charge in [0.25, 0.3) is 5.91 Å². The van der Waals surface area contributed by atoms with Crippen molar-refractivity contribution in [3.05, 3.63) is 29.8 Å². The van der Waals surface area contributed by atoms with E-state index in [0.717, 1.165) is 6.42 Å². The predicted octanol–water partition coefficient (Wildman–Crippen LogP) is 1.63. The summed E-state index contributed by atoms with van der Waals surface area (Å²) in [6, 6.07) is 6.86. The lowest BCUT2D eigenvalue weighted by molar-refractivity contribution is -0.124. The van der Waals surface area contributed by atoms with Crippen LogP contribution in [-0.4, -0.2) is 51.5 Å². The number of benzene rings is 1. The van der Waals surface area contributed by atoms with E-state index in [1.807, 2.05) is 0 Å². The van der Waals surface area contributed by atoms with Crippen molar-refractivity contribution in [2.45, 2.75) is 19.4 Å². The maximum atomic E-state index is 12.2. The minimum atomic E-state index is -0.442. The lowest BCUT2D eigenvalue weighted by Gasteiger charge is -2.20. The first-order chi connectivity index (χ1) is 10.6. The Morgan fingerprint density at radius 1 is 1.36 bits per heavy atom. The summed E-state index contributed by atoms with van der Waals surface area (Å²) in [4.78, 5) is 25.6. The Labute approximate surface area is 129 Å². The maximum Gasteiger partial charge on any atom is 0.340 e. The van der Waals surface area contributed by atoms with Gasteiger partial charge in [-0.05, 0) is 25.5 Å². The maximum absolute atomic E-state index is 12.2. The van der Waals surface area contributed by atoms with Crippen LogP contribution in [0.2, 0.25) is 0 Å². The van der Waals surface area contributed by atoms with Gasteiger partial charge in [-0.25, -0.2) is 4.79 Å². The molecule has 0 unspecified atom stereocenters. The third kappa shape index (κ3) is 4.05. The molecule has 0 radical (unpaired) electrons. The fourth-order valence-electron chi connectivity index (χ4n) is 2.21. The van der Waals surface area contributed by atoms with Crippen LogP contribution in [0.25, 0.3) is 0 Å². The van der Waals surface area contributed by atoms with E-state index in [1.165, 1.54) is 4.90 Å². The molecule has 1 heterocycles. The Morgan fingerprint density at radius 2 is 2.14 bits per heavy atom. The summed E-state index contributed by atoms with van der Waals surface area (Å²) in [5, 5.41) is 0. The average Bonchev–Trinajstić information content (AvgIpc) is 3.05. The first-order valence-electron chi connectivity index (χ1n) is 7.35. The molecule has 1 fully saturated rings. The van der Waals surface area contributed by atoms with E-state index in [4.69, 9.17) is 14.2 Å². The Balaban J connectivity index is 2.02. The zero-order valence-electron chi connectivity index (χ0n) is 12.9. The summed E-state index contributed by atoms with van der Waals surface area (Å²) >= 11 is 0. The first kappa shape index (κ1) is 16.5. The SMILES string of the molecule is CCOC(=O)c1ccccc1N(C)C(=O)CO[C@H]1CCOC1. The first-order valence-corrected chi connectivity index (χ1v) is 7.35. The van der Waals surface area contributed by atoms with Crippen molar-refractivity contribution in [2.75, 3.05) is 38.4 Å². The minimum Gasteiger partial charge on any atom is -0.462 e. The highest BCUT2D eigenvalue weighted by atomic mass is 16.5. The number of carbonyl (C=O) groups is 2. The molecule has 1 atom stereocenters. The number of hydrogen-bond acceptors (Lipinski definition) is 5. The van der Waals surface area contributed by atoms with Crippen LogP contribution in [0.3, 0.4) is 0 Å². The van der Waals surface area contributed by atoms with Gasteiger partial charge in [0.2, 0.25) is 0 Å². The standard InChI is InChI=1S/C16H21NO5/c1-3-21-16(19)13-6-4-5-7-14(13)17(2)15(18)11-22-12-8-9-20-10-12/h4-7,12H,3,8-11H2,1-2H3/t12-/m0/s1. The molecule has 6 nitrogen and oxygen atoms in total. The van der Waals surface area contributed by atoms with E-state index in [-0.39, 0.29) is 25.2 Å². The van der Waals surface area contributed by atoms with Gasteiger partial charge >= 0.3 is 5.97 Å². The Morgan fingerprint density at radius 3 is 2.82 bits per heavy atom. The van der Waals surface area contributed by atoms with Gasteiger partial charge in [0.15, 0.2) is 0 Å². The Kier molecular flexibility index (Phi) is 5.91. The van der Waals surface area contributed by atoms with Crippen molar-refractivity contribution in [3.8, 4) is 0 Å². The van der Waals surface area contributed by atoms with Crippen LogP contribution >= 0.6 is 0 Å². The Hall–Kier alpha value is -1.92. The number of nitrogens with zero attached hydrogens (tertiary/aromatic N) is 1. The number of rotatable bonds is 6. The molecule has 0 aromatic heterocycles. The molecule has 1 aliphatic heterocycles. The van der Waals surface area contributed by atoms with Gasteiger partial charge in [-0.2, -0.15) is 0 Å². The monoisotopic (exact) mass is 307 g/mol. The van der Waals surface area contributed by atoms with Crippen LogP contribution in [0.15, 0.2) is 24.3 Å². The normalized spacial score (nSPS) is 17.3. The Bertz CT molecular complexity index is 525.